The molecule has 0 aliphatic heterocycles. The minimum atomic E-state index is -0.512. The zero-order valence-electron chi connectivity index (χ0n) is 14.6. The number of phenolic OH excluding ortho intramolecular Hbond substituents is 1. The fourth-order valence-electron chi connectivity index (χ4n) is 2.03. The lowest BCUT2D eigenvalue weighted by molar-refractivity contribution is 0.0502. The zero-order valence-corrected chi connectivity index (χ0v) is 14.6. The number of hydrogen-bond acceptors (Lipinski definition) is 5. The van der Waals surface area contributed by atoms with Crippen molar-refractivity contribution >= 4 is 6.09 Å². The Balaban J connectivity index is 2.48. The van der Waals surface area contributed by atoms with Gasteiger partial charge in [-0.3, -0.25) is 0 Å². The second-order valence-electron chi connectivity index (χ2n) is 6.35. The summed E-state index contributed by atoms with van der Waals surface area (Å²) in [5.74, 6) is 0.582. The van der Waals surface area contributed by atoms with E-state index in [2.05, 4.69) is 10.6 Å². The predicted octanol–water partition coefficient (Wildman–Crippen LogP) is 2.79. The summed E-state index contributed by atoms with van der Waals surface area (Å²) < 4.78 is 10.3. The molecular weight excluding hydrogens is 296 g/mol. The second-order valence-corrected chi connectivity index (χ2v) is 6.35. The molecule has 3 N–H and O–H groups in total. The van der Waals surface area contributed by atoms with Gasteiger partial charge in [0.05, 0.1) is 7.11 Å². The normalized spacial score (nSPS) is 12.6. The van der Waals surface area contributed by atoms with Crippen LogP contribution in [0.2, 0.25) is 0 Å². The van der Waals surface area contributed by atoms with Gasteiger partial charge in [0.1, 0.15) is 5.60 Å². The van der Waals surface area contributed by atoms with Crippen molar-refractivity contribution in [2.75, 3.05) is 13.7 Å². The van der Waals surface area contributed by atoms with Crippen LogP contribution in [-0.4, -0.2) is 36.5 Å². The SMILES string of the molecule is CCC(CNCc1cccc(OC)c1O)NC(=O)OC(C)(C)C. The van der Waals surface area contributed by atoms with Crippen molar-refractivity contribution in [3.63, 3.8) is 0 Å². The Morgan fingerprint density at radius 1 is 1.35 bits per heavy atom. The first-order valence-corrected chi connectivity index (χ1v) is 7.82. The minimum Gasteiger partial charge on any atom is -0.504 e. The molecule has 1 aromatic carbocycles. The third-order valence-electron chi connectivity index (χ3n) is 3.22. The van der Waals surface area contributed by atoms with E-state index in [0.717, 1.165) is 12.0 Å². The number of hydrogen-bond donors (Lipinski definition) is 3. The Bertz CT molecular complexity index is 512. The smallest absolute Gasteiger partial charge is 0.407 e. The summed E-state index contributed by atoms with van der Waals surface area (Å²) in [5.41, 5.74) is 0.235. The van der Waals surface area contributed by atoms with Crippen molar-refractivity contribution in [2.24, 2.45) is 0 Å². The quantitative estimate of drug-likeness (QED) is 0.719. The first-order chi connectivity index (χ1) is 10.8. The van der Waals surface area contributed by atoms with Crippen LogP contribution in [0.25, 0.3) is 0 Å². The molecule has 130 valence electrons. The first-order valence-electron chi connectivity index (χ1n) is 7.82. The number of benzene rings is 1. The molecule has 0 saturated carbocycles. The molecule has 0 bridgehead atoms. The van der Waals surface area contributed by atoms with Crippen molar-refractivity contribution in [1.29, 1.82) is 0 Å². The van der Waals surface area contributed by atoms with Crippen LogP contribution >= 0.6 is 0 Å². The number of phenols is 1. The van der Waals surface area contributed by atoms with Gasteiger partial charge >= 0.3 is 6.09 Å². The van der Waals surface area contributed by atoms with Gasteiger partial charge in [-0.15, -0.1) is 0 Å². The van der Waals surface area contributed by atoms with Crippen LogP contribution in [0.4, 0.5) is 4.79 Å². The fraction of sp³-hybridized carbons (Fsp3) is 0.588. The lowest BCUT2D eigenvalue weighted by Crippen LogP contribution is -2.43. The van der Waals surface area contributed by atoms with Gasteiger partial charge in [0.15, 0.2) is 11.5 Å². The van der Waals surface area contributed by atoms with Crippen molar-refractivity contribution in [3.8, 4) is 11.5 Å². The Kier molecular flexibility index (Phi) is 7.16. The third kappa shape index (κ3) is 6.78. The summed E-state index contributed by atoms with van der Waals surface area (Å²) in [6.07, 6.45) is 0.353. The van der Waals surface area contributed by atoms with Gasteiger partial charge in [-0.05, 0) is 33.3 Å². The maximum absolute atomic E-state index is 11.8. The van der Waals surface area contributed by atoms with Crippen molar-refractivity contribution < 1.29 is 19.4 Å². The number of amides is 1. The lowest BCUT2D eigenvalue weighted by atomic mass is 10.1. The van der Waals surface area contributed by atoms with Crippen LogP contribution in [0, 0.1) is 0 Å². The van der Waals surface area contributed by atoms with Crippen molar-refractivity contribution in [2.45, 2.75) is 52.3 Å². The van der Waals surface area contributed by atoms with E-state index in [1.54, 1.807) is 6.07 Å². The fourth-order valence-corrected chi connectivity index (χ4v) is 2.03. The van der Waals surface area contributed by atoms with E-state index in [-0.39, 0.29) is 11.8 Å². The number of carbonyl (C=O) groups is 1. The number of carbonyl (C=O) groups excluding carboxylic acids is 1. The van der Waals surface area contributed by atoms with Crippen LogP contribution in [-0.2, 0) is 11.3 Å². The summed E-state index contributed by atoms with van der Waals surface area (Å²) in [7, 11) is 1.52. The van der Waals surface area contributed by atoms with E-state index in [1.807, 2.05) is 39.8 Å². The molecule has 1 rings (SSSR count). The third-order valence-corrected chi connectivity index (χ3v) is 3.22. The molecule has 0 spiro atoms. The summed E-state index contributed by atoms with van der Waals surface area (Å²) in [6, 6.07) is 5.31. The van der Waals surface area contributed by atoms with E-state index in [1.165, 1.54) is 7.11 Å². The Labute approximate surface area is 138 Å². The number of aromatic hydroxyl groups is 1. The van der Waals surface area contributed by atoms with Gasteiger partial charge in [-0.2, -0.15) is 0 Å². The number of ether oxygens (including phenoxy) is 2. The molecule has 0 fully saturated rings. The molecule has 1 unspecified atom stereocenters. The van der Waals surface area contributed by atoms with Gasteiger partial charge < -0.3 is 25.2 Å². The largest absolute Gasteiger partial charge is 0.504 e. The molecule has 23 heavy (non-hydrogen) atoms. The molecule has 1 amide bonds. The Morgan fingerprint density at radius 2 is 2.04 bits per heavy atom. The molecule has 0 aromatic heterocycles. The topological polar surface area (TPSA) is 79.8 Å². The van der Waals surface area contributed by atoms with E-state index in [9.17, 15) is 9.90 Å². The standard InChI is InChI=1S/C17H28N2O4/c1-6-13(19-16(21)23-17(2,3)4)11-18-10-12-8-7-9-14(22-5)15(12)20/h7-9,13,18,20H,6,10-11H2,1-5H3,(H,19,21). The maximum atomic E-state index is 11.8. The van der Waals surface area contributed by atoms with Gasteiger partial charge in [-0.1, -0.05) is 19.1 Å². The molecule has 1 atom stereocenters. The zero-order chi connectivity index (χ0) is 17.5. The lowest BCUT2D eigenvalue weighted by Gasteiger charge is -2.23. The number of alkyl carbamates (subject to hydrolysis) is 1. The molecule has 1 aromatic rings. The molecule has 6 nitrogen and oxygen atoms in total. The molecular formula is C17H28N2O4. The van der Waals surface area contributed by atoms with Crippen LogP contribution in [0.15, 0.2) is 18.2 Å². The maximum Gasteiger partial charge on any atom is 0.407 e. The number of nitrogens with one attached hydrogen (secondary N) is 2. The van der Waals surface area contributed by atoms with E-state index in [0.29, 0.717) is 18.8 Å². The number of para-hydroxylation sites is 1. The summed E-state index contributed by atoms with van der Waals surface area (Å²) >= 11 is 0. The van der Waals surface area contributed by atoms with Crippen molar-refractivity contribution in [3.05, 3.63) is 23.8 Å². The second kappa shape index (κ2) is 8.62. The summed E-state index contributed by atoms with van der Waals surface area (Å²) in [5, 5.41) is 16.1. The highest BCUT2D eigenvalue weighted by Gasteiger charge is 2.18. The van der Waals surface area contributed by atoms with Crippen molar-refractivity contribution in [1.82, 2.24) is 10.6 Å². The average Bonchev–Trinajstić information content (AvgIpc) is 2.46. The van der Waals surface area contributed by atoms with Gasteiger partial charge in [0, 0.05) is 24.7 Å². The Hall–Kier alpha value is -1.95. The average molecular weight is 324 g/mol. The van der Waals surface area contributed by atoms with E-state index >= 15 is 0 Å². The predicted molar refractivity (Wildman–Crippen MR) is 89.8 cm³/mol. The summed E-state index contributed by atoms with van der Waals surface area (Å²) in [6.45, 7) is 8.54. The van der Waals surface area contributed by atoms with Crippen LogP contribution in [0.5, 0.6) is 11.5 Å². The molecule has 0 saturated heterocycles. The number of methoxy groups -OCH3 is 1. The van der Waals surface area contributed by atoms with E-state index in [4.69, 9.17) is 9.47 Å². The molecule has 0 radical (unpaired) electrons. The van der Waals surface area contributed by atoms with Crippen LogP contribution in [0.1, 0.15) is 39.7 Å². The highest BCUT2D eigenvalue weighted by atomic mass is 16.6. The summed E-state index contributed by atoms with van der Waals surface area (Å²) in [4.78, 5) is 11.8. The van der Waals surface area contributed by atoms with Gasteiger partial charge in [0.2, 0.25) is 0 Å². The van der Waals surface area contributed by atoms with E-state index < -0.39 is 11.7 Å². The van der Waals surface area contributed by atoms with Gasteiger partial charge in [-0.25, -0.2) is 4.79 Å². The monoisotopic (exact) mass is 324 g/mol. The molecule has 6 heteroatoms. The molecule has 0 aliphatic carbocycles. The highest BCUT2D eigenvalue weighted by Crippen LogP contribution is 2.29. The minimum absolute atomic E-state index is 0.0439. The first kappa shape index (κ1) is 19.1. The Morgan fingerprint density at radius 3 is 2.61 bits per heavy atom. The number of rotatable bonds is 7. The van der Waals surface area contributed by atoms with Crippen LogP contribution < -0.4 is 15.4 Å². The van der Waals surface area contributed by atoms with Gasteiger partial charge in [0.25, 0.3) is 0 Å². The highest BCUT2D eigenvalue weighted by molar-refractivity contribution is 5.68. The molecule has 0 heterocycles. The van der Waals surface area contributed by atoms with Crippen LogP contribution in [0.3, 0.4) is 0 Å². The molecule has 0 aliphatic rings.